The number of nitrogens with zero attached hydrogens (tertiary/aromatic N) is 2. The van der Waals surface area contributed by atoms with E-state index in [1.807, 2.05) is 32.2 Å². The number of benzene rings is 2. The van der Waals surface area contributed by atoms with Gasteiger partial charge in [0.25, 0.3) is 5.91 Å². The second-order valence-electron chi connectivity index (χ2n) is 9.64. The van der Waals surface area contributed by atoms with Crippen molar-refractivity contribution in [3.8, 4) is 0 Å². The van der Waals surface area contributed by atoms with Crippen LogP contribution in [0.25, 0.3) is 0 Å². The molecule has 2 aromatic rings. The number of hydrogen-bond acceptors (Lipinski definition) is 3. The predicted octanol–water partition coefficient (Wildman–Crippen LogP) is 5.99. The van der Waals surface area contributed by atoms with E-state index < -0.39 is 17.6 Å². The van der Waals surface area contributed by atoms with Gasteiger partial charge in [0.1, 0.15) is 0 Å². The van der Waals surface area contributed by atoms with Crippen LogP contribution >= 0.6 is 0 Å². The number of aryl methyl sites for hydroxylation is 2. The molecule has 0 radical (unpaired) electrons. The topological polar surface area (TPSA) is 35.6 Å². The number of likely N-dealkylation sites (N-methyl/N-ethyl adjacent to an activating group) is 1. The molecule has 0 bridgehead atoms. The molecule has 4 nitrogen and oxygen atoms in total. The minimum absolute atomic E-state index is 0.0254. The van der Waals surface area contributed by atoms with Gasteiger partial charge in [0.15, 0.2) is 0 Å². The van der Waals surface area contributed by atoms with Gasteiger partial charge in [-0.15, -0.1) is 0 Å². The molecule has 0 spiro atoms. The maximum atomic E-state index is 13.6. The Morgan fingerprint density at radius 1 is 1.09 bits per heavy atom. The number of amides is 1. The van der Waals surface area contributed by atoms with Gasteiger partial charge in [-0.2, -0.15) is 13.2 Å². The Morgan fingerprint density at radius 3 is 2.41 bits per heavy atom. The maximum absolute atomic E-state index is 13.6. The zero-order valence-electron chi connectivity index (χ0n) is 20.6. The first-order chi connectivity index (χ1) is 16.0. The fraction of sp³-hybridized carbons (Fsp3) is 0.519. The van der Waals surface area contributed by atoms with Crippen LogP contribution < -0.4 is 5.32 Å². The van der Waals surface area contributed by atoms with Crippen molar-refractivity contribution >= 4 is 11.6 Å². The SMILES string of the molecule is CCC(C)CCc1ccc(NC(=O)c2cc(CN3CCN(C)CC3)cc(C(F)(F)F)c2)cc1C. The Bertz CT molecular complexity index is 982. The first-order valence-corrected chi connectivity index (χ1v) is 12.1. The number of carbonyl (C=O) groups is 1. The van der Waals surface area contributed by atoms with Crippen LogP contribution in [0.1, 0.15) is 59.3 Å². The highest BCUT2D eigenvalue weighted by Crippen LogP contribution is 2.31. The Labute approximate surface area is 201 Å². The number of rotatable bonds is 8. The molecule has 1 unspecified atom stereocenters. The Morgan fingerprint density at radius 2 is 1.79 bits per heavy atom. The minimum Gasteiger partial charge on any atom is -0.322 e. The summed E-state index contributed by atoms with van der Waals surface area (Å²) < 4.78 is 40.7. The fourth-order valence-corrected chi connectivity index (χ4v) is 4.21. The Hall–Kier alpha value is -2.38. The van der Waals surface area contributed by atoms with Gasteiger partial charge in [0.2, 0.25) is 0 Å². The first kappa shape index (κ1) is 26.2. The lowest BCUT2D eigenvalue weighted by Gasteiger charge is -2.32. The number of alkyl halides is 3. The normalized spacial score (nSPS) is 16.4. The lowest BCUT2D eigenvalue weighted by Crippen LogP contribution is -2.43. The molecule has 7 heteroatoms. The predicted molar refractivity (Wildman–Crippen MR) is 131 cm³/mol. The van der Waals surface area contributed by atoms with Gasteiger partial charge in [0, 0.05) is 44.0 Å². The second kappa shape index (κ2) is 11.4. The van der Waals surface area contributed by atoms with E-state index in [9.17, 15) is 18.0 Å². The van der Waals surface area contributed by atoms with Crippen molar-refractivity contribution in [1.82, 2.24) is 9.80 Å². The highest BCUT2D eigenvalue weighted by Gasteiger charge is 2.32. The molecule has 1 heterocycles. The van der Waals surface area contributed by atoms with Gasteiger partial charge >= 0.3 is 6.18 Å². The van der Waals surface area contributed by atoms with Crippen LogP contribution in [0.4, 0.5) is 18.9 Å². The Balaban J connectivity index is 1.76. The van der Waals surface area contributed by atoms with Gasteiger partial charge in [-0.3, -0.25) is 9.69 Å². The van der Waals surface area contributed by atoms with Gasteiger partial charge in [0.05, 0.1) is 5.56 Å². The number of piperazine rings is 1. The van der Waals surface area contributed by atoms with Crippen molar-refractivity contribution in [3.63, 3.8) is 0 Å². The lowest BCUT2D eigenvalue weighted by atomic mass is 9.96. The van der Waals surface area contributed by atoms with E-state index in [4.69, 9.17) is 0 Å². The molecule has 1 amide bonds. The molecule has 2 aromatic carbocycles. The third-order valence-corrected chi connectivity index (χ3v) is 6.79. The zero-order valence-corrected chi connectivity index (χ0v) is 20.6. The van der Waals surface area contributed by atoms with Crippen molar-refractivity contribution in [2.75, 3.05) is 38.5 Å². The lowest BCUT2D eigenvalue weighted by molar-refractivity contribution is -0.137. The first-order valence-electron chi connectivity index (χ1n) is 12.1. The molecular weight excluding hydrogens is 439 g/mol. The molecule has 0 aliphatic carbocycles. The van der Waals surface area contributed by atoms with Gasteiger partial charge in [-0.1, -0.05) is 26.3 Å². The van der Waals surface area contributed by atoms with Crippen LogP contribution in [0.2, 0.25) is 0 Å². The summed E-state index contributed by atoms with van der Waals surface area (Å²) in [6.45, 7) is 10.1. The van der Waals surface area contributed by atoms with E-state index in [0.29, 0.717) is 23.7 Å². The minimum atomic E-state index is -4.51. The summed E-state index contributed by atoms with van der Waals surface area (Å²) in [6, 6.07) is 9.40. The van der Waals surface area contributed by atoms with Crippen LogP contribution in [0.5, 0.6) is 0 Å². The molecule has 0 aromatic heterocycles. The highest BCUT2D eigenvalue weighted by molar-refractivity contribution is 6.04. The summed E-state index contributed by atoms with van der Waals surface area (Å²) in [7, 11) is 2.03. The van der Waals surface area contributed by atoms with Gasteiger partial charge in [-0.25, -0.2) is 0 Å². The fourth-order valence-electron chi connectivity index (χ4n) is 4.21. The van der Waals surface area contributed by atoms with Crippen LogP contribution in [-0.2, 0) is 19.1 Å². The standard InChI is InChI=1S/C27H36F3N3O/c1-5-19(2)6-7-22-8-9-25(14-20(22)3)31-26(34)23-15-21(16-24(17-23)27(28,29)30)18-33-12-10-32(4)11-13-33/h8-9,14-17,19H,5-7,10-13,18H2,1-4H3,(H,31,34). The molecule has 1 saturated heterocycles. The molecule has 1 fully saturated rings. The average Bonchev–Trinajstić information content (AvgIpc) is 2.79. The summed E-state index contributed by atoms with van der Waals surface area (Å²) >= 11 is 0. The smallest absolute Gasteiger partial charge is 0.322 e. The van der Waals surface area contributed by atoms with E-state index >= 15 is 0 Å². The van der Waals surface area contributed by atoms with Crippen LogP contribution in [-0.4, -0.2) is 48.9 Å². The number of nitrogens with one attached hydrogen (secondary N) is 1. The van der Waals surface area contributed by atoms with E-state index in [1.165, 1.54) is 5.56 Å². The molecule has 34 heavy (non-hydrogen) atoms. The molecule has 186 valence electrons. The average molecular weight is 476 g/mol. The molecule has 1 N–H and O–H groups in total. The van der Waals surface area contributed by atoms with Crippen molar-refractivity contribution in [3.05, 3.63) is 64.2 Å². The van der Waals surface area contributed by atoms with Crippen molar-refractivity contribution < 1.29 is 18.0 Å². The van der Waals surface area contributed by atoms with Crippen molar-refractivity contribution in [2.24, 2.45) is 5.92 Å². The van der Waals surface area contributed by atoms with E-state index in [2.05, 4.69) is 29.0 Å². The molecular formula is C27H36F3N3O. The van der Waals surface area contributed by atoms with E-state index in [0.717, 1.165) is 63.1 Å². The van der Waals surface area contributed by atoms with Crippen LogP contribution in [0.15, 0.2) is 36.4 Å². The second-order valence-corrected chi connectivity index (χ2v) is 9.64. The largest absolute Gasteiger partial charge is 0.416 e. The Kier molecular flexibility index (Phi) is 8.77. The third kappa shape index (κ3) is 7.31. The highest BCUT2D eigenvalue weighted by atomic mass is 19.4. The number of carbonyl (C=O) groups excluding carboxylic acids is 1. The van der Waals surface area contributed by atoms with Gasteiger partial charge < -0.3 is 10.2 Å². The number of halogens is 3. The summed E-state index contributed by atoms with van der Waals surface area (Å²) in [5.41, 5.74) is 2.62. The zero-order chi connectivity index (χ0) is 24.9. The monoisotopic (exact) mass is 475 g/mol. The summed E-state index contributed by atoms with van der Waals surface area (Å²) in [5.74, 6) is 0.122. The van der Waals surface area contributed by atoms with E-state index in [-0.39, 0.29) is 5.56 Å². The molecule has 1 aliphatic heterocycles. The quantitative estimate of drug-likeness (QED) is 0.509. The number of hydrogen-bond donors (Lipinski definition) is 1. The molecule has 1 aliphatic rings. The molecule has 0 saturated carbocycles. The van der Waals surface area contributed by atoms with E-state index in [1.54, 1.807) is 6.07 Å². The molecule has 3 rings (SSSR count). The van der Waals surface area contributed by atoms with Crippen molar-refractivity contribution in [2.45, 2.75) is 52.8 Å². The summed E-state index contributed by atoms with van der Waals surface area (Å²) in [4.78, 5) is 17.2. The summed E-state index contributed by atoms with van der Waals surface area (Å²) in [5, 5.41) is 2.79. The summed E-state index contributed by atoms with van der Waals surface area (Å²) in [6.07, 6.45) is -1.30. The third-order valence-electron chi connectivity index (χ3n) is 6.79. The maximum Gasteiger partial charge on any atom is 0.416 e. The molecule has 1 atom stereocenters. The number of anilines is 1. The van der Waals surface area contributed by atoms with Gasteiger partial charge in [-0.05, 0) is 79.8 Å². The van der Waals surface area contributed by atoms with Crippen molar-refractivity contribution in [1.29, 1.82) is 0 Å². The van der Waals surface area contributed by atoms with Crippen LogP contribution in [0, 0.1) is 12.8 Å². The van der Waals surface area contributed by atoms with Crippen LogP contribution in [0.3, 0.4) is 0 Å².